The van der Waals surface area contributed by atoms with E-state index in [0.717, 1.165) is 24.1 Å². The van der Waals surface area contributed by atoms with Crippen molar-refractivity contribution in [2.45, 2.75) is 24.6 Å². The Balaban J connectivity index is 2.50. The molecule has 0 aliphatic rings. The molecule has 0 spiro atoms. The maximum Gasteiger partial charge on any atom is 0.274 e. The largest absolute Gasteiger partial charge is 0.370 e. The highest BCUT2D eigenvalue weighted by atomic mass is 32.2. The lowest BCUT2D eigenvalue weighted by molar-refractivity contribution is -0.404. The van der Waals surface area contributed by atoms with Crippen LogP contribution < -0.4 is 10.6 Å². The van der Waals surface area contributed by atoms with Crippen LogP contribution >= 0.6 is 23.1 Å². The summed E-state index contributed by atoms with van der Waals surface area (Å²) in [7, 11) is 5.82. The lowest BCUT2D eigenvalue weighted by Crippen LogP contribution is -2.28. The molecular formula is C14H25N5O2S2. The van der Waals surface area contributed by atoms with Gasteiger partial charge in [0.2, 0.25) is 0 Å². The number of thiazole rings is 1. The molecular weight excluding hydrogens is 334 g/mol. The highest BCUT2D eigenvalue weighted by molar-refractivity contribution is 7.99. The maximum atomic E-state index is 10.5. The molecule has 0 aromatic carbocycles. The molecule has 0 fully saturated rings. The van der Waals surface area contributed by atoms with Crippen molar-refractivity contribution in [3.63, 3.8) is 0 Å². The highest BCUT2D eigenvalue weighted by Gasteiger charge is 2.18. The molecule has 0 aliphatic heterocycles. The van der Waals surface area contributed by atoms with Gasteiger partial charge in [-0.05, 0) is 27.4 Å². The zero-order valence-corrected chi connectivity index (χ0v) is 15.6. The van der Waals surface area contributed by atoms with Crippen molar-refractivity contribution in [1.29, 1.82) is 0 Å². The number of rotatable bonds is 11. The maximum absolute atomic E-state index is 10.5. The van der Waals surface area contributed by atoms with Crippen LogP contribution in [0.2, 0.25) is 0 Å². The fraction of sp³-hybridized carbons (Fsp3) is 0.643. The second kappa shape index (κ2) is 10.5. The first-order valence-electron chi connectivity index (χ1n) is 7.37. The molecule has 2 N–H and O–H groups in total. The summed E-state index contributed by atoms with van der Waals surface area (Å²) in [5.41, 5.74) is 2.98. The van der Waals surface area contributed by atoms with Gasteiger partial charge in [-0.2, -0.15) is 11.8 Å². The number of aromatic nitrogens is 1. The van der Waals surface area contributed by atoms with Crippen LogP contribution in [0.25, 0.3) is 0 Å². The summed E-state index contributed by atoms with van der Waals surface area (Å²) >= 11 is 3.44. The molecule has 1 heterocycles. The van der Waals surface area contributed by atoms with E-state index in [0.29, 0.717) is 23.7 Å². The predicted molar refractivity (Wildman–Crippen MR) is 97.2 cm³/mol. The van der Waals surface area contributed by atoms with E-state index in [9.17, 15) is 10.1 Å². The van der Waals surface area contributed by atoms with E-state index in [4.69, 9.17) is 0 Å². The Hall–Kier alpha value is -1.32. The Labute approximate surface area is 145 Å². The molecule has 1 aromatic heterocycles. The molecule has 1 aromatic rings. The summed E-state index contributed by atoms with van der Waals surface area (Å²) in [6, 6.07) is 0.462. The van der Waals surface area contributed by atoms with E-state index in [1.165, 1.54) is 0 Å². The first-order valence-corrected chi connectivity index (χ1v) is 9.36. The minimum Gasteiger partial charge on any atom is -0.370 e. The van der Waals surface area contributed by atoms with E-state index in [-0.39, 0.29) is 0 Å². The summed E-state index contributed by atoms with van der Waals surface area (Å²) in [6.45, 7) is 2.86. The zero-order chi connectivity index (χ0) is 17.2. The molecule has 0 saturated carbocycles. The van der Waals surface area contributed by atoms with Crippen molar-refractivity contribution in [3.8, 4) is 0 Å². The zero-order valence-electron chi connectivity index (χ0n) is 14.0. The molecule has 0 amide bonds. The van der Waals surface area contributed by atoms with E-state index < -0.39 is 4.92 Å². The van der Waals surface area contributed by atoms with Gasteiger partial charge in [-0.15, -0.1) is 11.3 Å². The minimum absolute atomic E-state index is 0.331. The van der Waals surface area contributed by atoms with Crippen LogP contribution in [0.3, 0.4) is 0 Å². The van der Waals surface area contributed by atoms with Crippen LogP contribution in [0.4, 0.5) is 0 Å². The lowest BCUT2D eigenvalue weighted by atomic mass is 10.1. The molecule has 0 aliphatic carbocycles. The van der Waals surface area contributed by atoms with Gasteiger partial charge in [0.15, 0.2) is 5.82 Å². The van der Waals surface area contributed by atoms with E-state index >= 15 is 0 Å². The van der Waals surface area contributed by atoms with Crippen molar-refractivity contribution in [1.82, 2.24) is 20.5 Å². The molecule has 23 heavy (non-hydrogen) atoms. The standard InChI is InChI=1S/C14H25N5O2S2/c1-11(18(3)4)7-13(12-9-22-10-17-12)23-6-5-16-14(15-2)8-19(20)21/h8-11,13,15-16H,5-7H2,1-4H3. The predicted octanol–water partition coefficient (Wildman–Crippen LogP) is 2.14. The molecule has 7 nitrogen and oxygen atoms in total. The van der Waals surface area contributed by atoms with Crippen LogP contribution in [0.5, 0.6) is 0 Å². The third-order valence-corrected chi connectivity index (χ3v) is 5.34. The van der Waals surface area contributed by atoms with Crippen molar-refractivity contribution >= 4 is 23.1 Å². The molecule has 2 atom stereocenters. The topological polar surface area (TPSA) is 83.3 Å². The number of hydrogen-bond donors (Lipinski definition) is 2. The molecule has 2 unspecified atom stereocenters. The normalized spacial score (nSPS) is 14.6. The summed E-state index contributed by atoms with van der Waals surface area (Å²) in [5, 5.41) is 18.7. The van der Waals surface area contributed by atoms with Gasteiger partial charge in [-0.3, -0.25) is 10.1 Å². The SMILES string of the molecule is CNC(=C[N+](=O)[O-])NCCSC(CC(C)N(C)C)c1cscn1. The quantitative estimate of drug-likeness (QED) is 0.356. The van der Waals surface area contributed by atoms with Crippen molar-refractivity contribution in [2.24, 2.45) is 0 Å². The molecule has 0 saturated heterocycles. The molecule has 130 valence electrons. The van der Waals surface area contributed by atoms with E-state index in [2.05, 4.69) is 46.9 Å². The third kappa shape index (κ3) is 7.67. The first kappa shape index (κ1) is 19.7. The van der Waals surface area contributed by atoms with Gasteiger partial charge < -0.3 is 15.5 Å². The Bertz CT molecular complexity index is 493. The van der Waals surface area contributed by atoms with Gasteiger partial charge in [0, 0.05) is 36.0 Å². The van der Waals surface area contributed by atoms with Crippen LogP contribution in [0.1, 0.15) is 24.3 Å². The highest BCUT2D eigenvalue weighted by Crippen LogP contribution is 2.33. The van der Waals surface area contributed by atoms with Gasteiger partial charge in [0.05, 0.1) is 16.1 Å². The minimum atomic E-state index is -0.469. The molecule has 1 rings (SSSR count). The Morgan fingerprint density at radius 1 is 1.61 bits per heavy atom. The summed E-state index contributed by atoms with van der Waals surface area (Å²) in [5.74, 6) is 1.27. The summed E-state index contributed by atoms with van der Waals surface area (Å²) in [4.78, 5) is 16.7. The smallest absolute Gasteiger partial charge is 0.274 e. The number of nitrogens with one attached hydrogen (secondary N) is 2. The van der Waals surface area contributed by atoms with Crippen LogP contribution in [0, 0.1) is 10.1 Å². The van der Waals surface area contributed by atoms with E-state index in [1.54, 1.807) is 18.4 Å². The fourth-order valence-electron chi connectivity index (χ4n) is 1.87. The first-order chi connectivity index (χ1) is 10.9. The monoisotopic (exact) mass is 359 g/mol. The summed E-state index contributed by atoms with van der Waals surface area (Å²) in [6.07, 6.45) is 1.96. The van der Waals surface area contributed by atoms with Gasteiger partial charge in [0.1, 0.15) is 0 Å². The Morgan fingerprint density at radius 3 is 2.87 bits per heavy atom. The van der Waals surface area contributed by atoms with Gasteiger partial charge in [-0.25, -0.2) is 4.98 Å². The van der Waals surface area contributed by atoms with Crippen LogP contribution in [-0.2, 0) is 0 Å². The Kier molecular flexibility index (Phi) is 8.97. The lowest BCUT2D eigenvalue weighted by Gasteiger charge is -2.24. The van der Waals surface area contributed by atoms with Crippen LogP contribution in [0.15, 0.2) is 22.9 Å². The average Bonchev–Trinajstić information content (AvgIpc) is 3.02. The molecule has 0 radical (unpaired) electrons. The molecule has 0 bridgehead atoms. The average molecular weight is 360 g/mol. The number of hydrogen-bond acceptors (Lipinski definition) is 8. The molecule has 9 heteroatoms. The van der Waals surface area contributed by atoms with Crippen LogP contribution in [-0.4, -0.2) is 54.3 Å². The van der Waals surface area contributed by atoms with Gasteiger partial charge in [-0.1, -0.05) is 0 Å². The van der Waals surface area contributed by atoms with Crippen molar-refractivity contribution in [3.05, 3.63) is 38.7 Å². The number of nitrogens with zero attached hydrogens (tertiary/aromatic N) is 3. The fourth-order valence-corrected chi connectivity index (χ4v) is 3.78. The van der Waals surface area contributed by atoms with Crippen molar-refractivity contribution in [2.75, 3.05) is 33.4 Å². The number of thioether (sulfide) groups is 1. The van der Waals surface area contributed by atoms with Crippen molar-refractivity contribution < 1.29 is 4.92 Å². The van der Waals surface area contributed by atoms with Gasteiger partial charge in [0.25, 0.3) is 6.20 Å². The van der Waals surface area contributed by atoms with Gasteiger partial charge >= 0.3 is 0 Å². The number of nitro groups is 1. The Morgan fingerprint density at radius 2 is 2.35 bits per heavy atom. The summed E-state index contributed by atoms with van der Waals surface area (Å²) < 4.78 is 0. The third-order valence-electron chi connectivity index (χ3n) is 3.46. The second-order valence-electron chi connectivity index (χ2n) is 5.33. The van der Waals surface area contributed by atoms with E-state index in [1.807, 2.05) is 17.3 Å². The second-order valence-corrected chi connectivity index (χ2v) is 7.36.